The van der Waals surface area contributed by atoms with Crippen LogP contribution in [0.4, 0.5) is 0 Å². The summed E-state index contributed by atoms with van der Waals surface area (Å²) in [5.41, 5.74) is 6.46. The van der Waals surface area contributed by atoms with Gasteiger partial charge in [0.15, 0.2) is 0 Å². The molecule has 1 rings (SSSR count). The fourth-order valence-corrected chi connectivity index (χ4v) is 1.89. The number of nitrogens with two attached hydrogens (primary N) is 1. The maximum atomic E-state index is 6.18. The van der Waals surface area contributed by atoms with Crippen molar-refractivity contribution in [1.82, 2.24) is 0 Å². The summed E-state index contributed by atoms with van der Waals surface area (Å²) < 4.78 is 5.59. The van der Waals surface area contributed by atoms with E-state index in [9.17, 15) is 0 Å². The van der Waals surface area contributed by atoms with Crippen molar-refractivity contribution in [2.24, 2.45) is 11.1 Å². The zero-order valence-corrected chi connectivity index (χ0v) is 9.88. The summed E-state index contributed by atoms with van der Waals surface area (Å²) in [4.78, 5) is 0. The molecule has 2 N–H and O–H groups in total. The average molecular weight is 199 g/mol. The van der Waals surface area contributed by atoms with Crippen molar-refractivity contribution < 1.29 is 4.74 Å². The van der Waals surface area contributed by atoms with Crippen LogP contribution in [0.25, 0.3) is 0 Å². The van der Waals surface area contributed by atoms with E-state index in [-0.39, 0.29) is 5.41 Å². The van der Waals surface area contributed by atoms with Crippen molar-refractivity contribution in [2.45, 2.75) is 65.0 Å². The maximum absolute atomic E-state index is 6.18. The van der Waals surface area contributed by atoms with E-state index in [2.05, 4.69) is 20.8 Å². The first-order chi connectivity index (χ1) is 6.56. The highest BCUT2D eigenvalue weighted by atomic mass is 16.5. The van der Waals surface area contributed by atoms with Gasteiger partial charge in [-0.2, -0.15) is 0 Å². The standard InChI is InChI=1S/C12H25NO/c1-4-12(2,3)11(13)8-7-10-6-5-9-14-10/h10-11H,4-9,13H2,1-3H3. The molecule has 1 aliphatic heterocycles. The van der Waals surface area contributed by atoms with Crippen LogP contribution in [0.5, 0.6) is 0 Å². The molecule has 2 heteroatoms. The molecule has 0 aliphatic carbocycles. The van der Waals surface area contributed by atoms with Crippen LogP contribution in [-0.2, 0) is 4.74 Å². The SMILES string of the molecule is CCC(C)(C)C(N)CCC1CCCO1. The van der Waals surface area contributed by atoms with Crippen LogP contribution >= 0.6 is 0 Å². The van der Waals surface area contributed by atoms with E-state index in [4.69, 9.17) is 10.5 Å². The van der Waals surface area contributed by atoms with E-state index in [0.717, 1.165) is 25.9 Å². The van der Waals surface area contributed by atoms with Crippen molar-refractivity contribution in [3.8, 4) is 0 Å². The third-order valence-electron chi connectivity index (χ3n) is 3.74. The molecule has 1 heterocycles. The summed E-state index contributed by atoms with van der Waals surface area (Å²) in [7, 11) is 0. The minimum atomic E-state index is 0.276. The van der Waals surface area contributed by atoms with Gasteiger partial charge in [0.25, 0.3) is 0 Å². The van der Waals surface area contributed by atoms with Crippen LogP contribution in [0.15, 0.2) is 0 Å². The average Bonchev–Trinajstić information content (AvgIpc) is 2.66. The molecule has 0 spiro atoms. The van der Waals surface area contributed by atoms with Gasteiger partial charge in [0.05, 0.1) is 6.10 Å². The Bertz CT molecular complexity index is 162. The molecule has 0 saturated carbocycles. The Morgan fingerprint density at radius 1 is 1.50 bits per heavy atom. The molecule has 0 aromatic carbocycles. The van der Waals surface area contributed by atoms with E-state index < -0.39 is 0 Å². The Hall–Kier alpha value is -0.0800. The smallest absolute Gasteiger partial charge is 0.0576 e. The molecule has 0 aromatic rings. The lowest BCUT2D eigenvalue weighted by molar-refractivity contribution is 0.0954. The Morgan fingerprint density at radius 2 is 2.21 bits per heavy atom. The molecule has 0 aromatic heterocycles. The van der Waals surface area contributed by atoms with Gasteiger partial charge in [0, 0.05) is 12.6 Å². The molecule has 1 aliphatic rings. The number of hydrogen-bond donors (Lipinski definition) is 1. The molecule has 2 unspecified atom stereocenters. The van der Waals surface area contributed by atoms with Gasteiger partial charge in [-0.15, -0.1) is 0 Å². The van der Waals surface area contributed by atoms with Crippen LogP contribution in [0.3, 0.4) is 0 Å². The molecule has 84 valence electrons. The monoisotopic (exact) mass is 199 g/mol. The molecule has 0 radical (unpaired) electrons. The summed E-state index contributed by atoms with van der Waals surface area (Å²) in [6.45, 7) is 7.68. The van der Waals surface area contributed by atoms with Crippen molar-refractivity contribution in [3.05, 3.63) is 0 Å². The molecular formula is C12H25NO. The third kappa shape index (κ3) is 3.25. The van der Waals surface area contributed by atoms with Crippen molar-refractivity contribution >= 4 is 0 Å². The van der Waals surface area contributed by atoms with Gasteiger partial charge in [0.1, 0.15) is 0 Å². The first-order valence-corrected chi connectivity index (χ1v) is 5.93. The maximum Gasteiger partial charge on any atom is 0.0576 e. The van der Waals surface area contributed by atoms with Gasteiger partial charge in [-0.05, 0) is 37.5 Å². The molecule has 1 fully saturated rings. The molecule has 14 heavy (non-hydrogen) atoms. The molecule has 2 nitrogen and oxygen atoms in total. The van der Waals surface area contributed by atoms with Crippen LogP contribution < -0.4 is 5.73 Å². The van der Waals surface area contributed by atoms with Crippen molar-refractivity contribution in [1.29, 1.82) is 0 Å². The zero-order valence-electron chi connectivity index (χ0n) is 9.88. The number of hydrogen-bond acceptors (Lipinski definition) is 2. The lowest BCUT2D eigenvalue weighted by atomic mass is 9.80. The van der Waals surface area contributed by atoms with Gasteiger partial charge in [-0.3, -0.25) is 0 Å². The van der Waals surface area contributed by atoms with Gasteiger partial charge in [-0.25, -0.2) is 0 Å². The largest absolute Gasteiger partial charge is 0.378 e. The second-order valence-electron chi connectivity index (χ2n) is 5.16. The second-order valence-corrected chi connectivity index (χ2v) is 5.16. The number of ether oxygens (including phenoxy) is 1. The first-order valence-electron chi connectivity index (χ1n) is 5.93. The Morgan fingerprint density at radius 3 is 2.71 bits per heavy atom. The first kappa shape index (κ1) is 12.0. The minimum Gasteiger partial charge on any atom is -0.378 e. The molecule has 1 saturated heterocycles. The number of rotatable bonds is 5. The van der Waals surface area contributed by atoms with Crippen LogP contribution in [0, 0.1) is 5.41 Å². The molecule has 0 bridgehead atoms. The Labute approximate surface area is 88.2 Å². The normalized spacial score (nSPS) is 25.3. The summed E-state index contributed by atoms with van der Waals surface area (Å²) in [6, 6.07) is 0.316. The lowest BCUT2D eigenvalue weighted by Crippen LogP contribution is -2.37. The fourth-order valence-electron chi connectivity index (χ4n) is 1.89. The van der Waals surface area contributed by atoms with Crippen molar-refractivity contribution in [3.63, 3.8) is 0 Å². The Balaban J connectivity index is 2.22. The second kappa shape index (κ2) is 5.13. The van der Waals surface area contributed by atoms with Crippen molar-refractivity contribution in [2.75, 3.05) is 6.61 Å². The van der Waals surface area contributed by atoms with E-state index in [1.54, 1.807) is 0 Å². The zero-order chi connectivity index (χ0) is 10.6. The summed E-state index contributed by atoms with van der Waals surface area (Å²) in [5.74, 6) is 0. The quantitative estimate of drug-likeness (QED) is 0.739. The van der Waals surface area contributed by atoms with Gasteiger partial charge in [-0.1, -0.05) is 20.8 Å². The fraction of sp³-hybridized carbons (Fsp3) is 1.00. The molecule has 2 atom stereocenters. The van der Waals surface area contributed by atoms with Gasteiger partial charge >= 0.3 is 0 Å². The highest BCUT2D eigenvalue weighted by Crippen LogP contribution is 2.27. The lowest BCUT2D eigenvalue weighted by Gasteiger charge is -2.31. The van der Waals surface area contributed by atoms with E-state index in [0.29, 0.717) is 12.1 Å². The topological polar surface area (TPSA) is 35.2 Å². The molecular weight excluding hydrogens is 174 g/mol. The van der Waals surface area contributed by atoms with E-state index >= 15 is 0 Å². The third-order valence-corrected chi connectivity index (χ3v) is 3.74. The van der Waals surface area contributed by atoms with E-state index in [1.165, 1.54) is 12.8 Å². The molecule has 0 amide bonds. The highest BCUT2D eigenvalue weighted by molar-refractivity contribution is 4.81. The minimum absolute atomic E-state index is 0.276. The van der Waals surface area contributed by atoms with Gasteiger partial charge in [0.2, 0.25) is 0 Å². The van der Waals surface area contributed by atoms with E-state index in [1.807, 2.05) is 0 Å². The highest BCUT2D eigenvalue weighted by Gasteiger charge is 2.25. The predicted molar refractivity (Wildman–Crippen MR) is 60.3 cm³/mol. The van der Waals surface area contributed by atoms with Crippen LogP contribution in [0.1, 0.15) is 52.9 Å². The van der Waals surface area contributed by atoms with Crippen LogP contribution in [0.2, 0.25) is 0 Å². The van der Waals surface area contributed by atoms with Crippen LogP contribution in [-0.4, -0.2) is 18.8 Å². The summed E-state index contributed by atoms with van der Waals surface area (Å²) >= 11 is 0. The summed E-state index contributed by atoms with van der Waals surface area (Å²) in [6.07, 6.45) is 6.36. The predicted octanol–water partition coefficient (Wildman–Crippen LogP) is 2.71. The summed E-state index contributed by atoms with van der Waals surface area (Å²) in [5, 5.41) is 0. The van der Waals surface area contributed by atoms with Gasteiger partial charge < -0.3 is 10.5 Å². The Kier molecular flexibility index (Phi) is 4.39.